The zero-order valence-electron chi connectivity index (χ0n) is 24.0. The molecule has 2 aliphatic rings. The predicted molar refractivity (Wildman–Crippen MR) is 159 cm³/mol. The fourth-order valence-corrected chi connectivity index (χ4v) is 6.30. The van der Waals surface area contributed by atoms with Gasteiger partial charge in [0, 0.05) is 24.6 Å². The quantitative estimate of drug-likeness (QED) is 0.125. The van der Waals surface area contributed by atoms with E-state index in [1.54, 1.807) is 6.07 Å². The van der Waals surface area contributed by atoms with E-state index in [1.165, 1.54) is 72.8 Å². The third kappa shape index (κ3) is 5.63. The van der Waals surface area contributed by atoms with Gasteiger partial charge in [-0.2, -0.15) is 13.2 Å². The number of anilines is 1. The number of carbonyl (C=O) groups is 3. The molecule has 2 saturated heterocycles. The lowest BCUT2D eigenvalue weighted by molar-refractivity contribution is -0.384. The first-order valence-corrected chi connectivity index (χ1v) is 14.1. The van der Waals surface area contributed by atoms with E-state index in [0.717, 1.165) is 23.1 Å². The monoisotopic (exact) mass is 647 g/mol. The second kappa shape index (κ2) is 11.6. The molecule has 47 heavy (non-hydrogen) atoms. The summed E-state index contributed by atoms with van der Waals surface area (Å²) >= 11 is 0. The molecule has 0 saturated carbocycles. The number of fused-ring (bicyclic) bond motifs is 1. The summed E-state index contributed by atoms with van der Waals surface area (Å²) < 4.78 is 45.5. The fourth-order valence-electron chi connectivity index (χ4n) is 6.30. The SMILES string of the molecule is O=C1C2C(c3cccc(Oc4cccc(C(F)(F)F)c4)c3)NC(Cc3ccc(O)cc3)(C(=O)O)C2C(=O)N1c1cccc([N+](=O)[O-])c1. The molecule has 0 spiro atoms. The van der Waals surface area contributed by atoms with Crippen LogP contribution >= 0.6 is 0 Å². The number of benzene rings is 4. The van der Waals surface area contributed by atoms with Gasteiger partial charge in [-0.05, 0) is 59.7 Å². The van der Waals surface area contributed by atoms with Crippen molar-refractivity contribution in [3.63, 3.8) is 0 Å². The number of alkyl halides is 3. The van der Waals surface area contributed by atoms with Gasteiger partial charge >= 0.3 is 12.1 Å². The minimum atomic E-state index is -4.61. The number of carboxylic acid groups (broad SMARTS) is 1. The topological polar surface area (TPSA) is 159 Å². The van der Waals surface area contributed by atoms with Crippen LogP contribution in [0, 0.1) is 22.0 Å². The summed E-state index contributed by atoms with van der Waals surface area (Å²) in [7, 11) is 0. The number of hydrogen-bond acceptors (Lipinski definition) is 8. The zero-order chi connectivity index (χ0) is 33.7. The van der Waals surface area contributed by atoms with Crippen molar-refractivity contribution in [1.82, 2.24) is 5.32 Å². The van der Waals surface area contributed by atoms with E-state index in [2.05, 4.69) is 5.32 Å². The maximum Gasteiger partial charge on any atom is 0.416 e. The molecule has 4 unspecified atom stereocenters. The molecule has 2 aliphatic heterocycles. The molecule has 4 atom stereocenters. The van der Waals surface area contributed by atoms with Gasteiger partial charge in [0.2, 0.25) is 11.8 Å². The van der Waals surface area contributed by atoms with Crippen molar-refractivity contribution >= 4 is 29.2 Å². The summed E-state index contributed by atoms with van der Waals surface area (Å²) in [5.41, 5.74) is -2.75. The van der Waals surface area contributed by atoms with Crippen molar-refractivity contribution in [2.24, 2.45) is 11.8 Å². The summed E-state index contributed by atoms with van der Waals surface area (Å²) in [5.74, 6) is -6.03. The molecule has 0 radical (unpaired) electrons. The third-order valence-electron chi connectivity index (χ3n) is 8.37. The first-order chi connectivity index (χ1) is 22.3. The average molecular weight is 648 g/mol. The second-order valence-electron chi connectivity index (χ2n) is 11.2. The van der Waals surface area contributed by atoms with Crippen molar-refractivity contribution in [1.29, 1.82) is 0 Å². The Labute approximate surface area is 264 Å². The normalized spacial score (nSPS) is 22.3. The number of carbonyl (C=O) groups excluding carboxylic acids is 2. The van der Waals surface area contributed by atoms with Crippen molar-refractivity contribution in [3.8, 4) is 17.2 Å². The molecule has 4 aromatic carbocycles. The van der Waals surface area contributed by atoms with Gasteiger partial charge in [0.05, 0.1) is 28.0 Å². The van der Waals surface area contributed by atoms with Crippen molar-refractivity contribution < 1.29 is 47.4 Å². The van der Waals surface area contributed by atoms with Gasteiger partial charge in [-0.1, -0.05) is 36.4 Å². The van der Waals surface area contributed by atoms with Crippen LogP contribution in [-0.2, 0) is 27.0 Å². The third-order valence-corrected chi connectivity index (χ3v) is 8.37. The number of aromatic hydroxyl groups is 1. The highest BCUT2D eigenvalue weighted by molar-refractivity contribution is 6.24. The molecule has 240 valence electrons. The molecule has 2 heterocycles. The number of carboxylic acids is 1. The molecule has 0 aromatic heterocycles. The lowest BCUT2D eigenvalue weighted by atomic mass is 9.76. The second-order valence-corrected chi connectivity index (χ2v) is 11.2. The van der Waals surface area contributed by atoms with Gasteiger partial charge in [0.1, 0.15) is 22.8 Å². The van der Waals surface area contributed by atoms with E-state index in [4.69, 9.17) is 4.74 Å². The number of ether oxygens (including phenoxy) is 1. The van der Waals surface area contributed by atoms with Crippen LogP contribution in [0.25, 0.3) is 0 Å². The van der Waals surface area contributed by atoms with Crippen LogP contribution in [0.1, 0.15) is 22.7 Å². The van der Waals surface area contributed by atoms with Crippen LogP contribution in [0.2, 0.25) is 0 Å². The number of nitrogens with zero attached hydrogens (tertiary/aromatic N) is 2. The molecule has 6 rings (SSSR count). The zero-order valence-corrected chi connectivity index (χ0v) is 24.0. The van der Waals surface area contributed by atoms with Gasteiger partial charge in [-0.3, -0.25) is 29.8 Å². The highest BCUT2D eigenvalue weighted by atomic mass is 19.4. The van der Waals surface area contributed by atoms with E-state index in [-0.39, 0.29) is 35.0 Å². The Morgan fingerprint density at radius 1 is 0.936 bits per heavy atom. The van der Waals surface area contributed by atoms with Gasteiger partial charge < -0.3 is 14.9 Å². The largest absolute Gasteiger partial charge is 0.508 e. The minimum Gasteiger partial charge on any atom is -0.508 e. The van der Waals surface area contributed by atoms with Gasteiger partial charge in [0.25, 0.3) is 5.69 Å². The molecule has 2 fully saturated rings. The molecule has 14 heteroatoms. The minimum absolute atomic E-state index is 0.0742. The Balaban J connectivity index is 1.43. The number of aliphatic carboxylic acids is 1. The number of rotatable bonds is 8. The number of halogens is 3. The lowest BCUT2D eigenvalue weighted by Crippen LogP contribution is -2.57. The molecular formula is C33H24F3N3O8. The molecule has 2 amide bonds. The van der Waals surface area contributed by atoms with Crippen LogP contribution in [0.3, 0.4) is 0 Å². The van der Waals surface area contributed by atoms with E-state index < -0.39 is 57.9 Å². The summed E-state index contributed by atoms with van der Waals surface area (Å²) in [5, 5.41) is 35.0. The van der Waals surface area contributed by atoms with Gasteiger partial charge in [-0.25, -0.2) is 4.90 Å². The van der Waals surface area contributed by atoms with Gasteiger partial charge in [-0.15, -0.1) is 0 Å². The van der Waals surface area contributed by atoms with E-state index in [9.17, 15) is 47.9 Å². The average Bonchev–Trinajstić information content (AvgIpc) is 3.51. The number of hydrogen-bond donors (Lipinski definition) is 3. The summed E-state index contributed by atoms with van der Waals surface area (Å²) in [6.07, 6.45) is -4.90. The smallest absolute Gasteiger partial charge is 0.416 e. The van der Waals surface area contributed by atoms with E-state index >= 15 is 0 Å². The van der Waals surface area contributed by atoms with Crippen LogP contribution in [0.5, 0.6) is 17.2 Å². The number of nitrogens with one attached hydrogen (secondary N) is 1. The number of phenols is 1. The van der Waals surface area contributed by atoms with Crippen molar-refractivity contribution in [2.45, 2.75) is 24.2 Å². The summed E-state index contributed by atoms with van der Waals surface area (Å²) in [6, 6.07) is 19.6. The van der Waals surface area contributed by atoms with E-state index in [1.807, 2.05) is 0 Å². The lowest BCUT2D eigenvalue weighted by Gasteiger charge is -2.31. The number of phenolic OH excluding ortho intramolecular Hbond substituents is 1. The van der Waals surface area contributed by atoms with Crippen LogP contribution in [0.4, 0.5) is 24.5 Å². The summed E-state index contributed by atoms with van der Waals surface area (Å²) in [6.45, 7) is 0. The van der Waals surface area contributed by atoms with Crippen LogP contribution in [0.15, 0.2) is 97.1 Å². The molecule has 0 bridgehead atoms. The Hall–Kier alpha value is -5.76. The van der Waals surface area contributed by atoms with Crippen molar-refractivity contribution in [3.05, 3.63) is 124 Å². The Morgan fingerprint density at radius 2 is 1.60 bits per heavy atom. The molecular weight excluding hydrogens is 623 g/mol. The number of non-ortho nitro benzene ring substituents is 1. The number of nitro groups is 1. The fraction of sp³-hybridized carbons (Fsp3) is 0.182. The highest BCUT2D eigenvalue weighted by Gasteiger charge is 2.68. The maximum atomic E-state index is 14.1. The first kappa shape index (κ1) is 31.2. The Bertz CT molecular complexity index is 1920. The van der Waals surface area contributed by atoms with Crippen molar-refractivity contribution in [2.75, 3.05) is 4.90 Å². The molecule has 3 N–H and O–H groups in total. The standard InChI is InChI=1S/C33H24F3N3O8/c34-33(35,36)20-5-2-9-25(15-20)47-24-8-1-4-19(14-24)28-26-27(32(37-28,31(43)44)17-18-10-12-23(40)13-11-18)30(42)38(29(26)41)21-6-3-7-22(16-21)39(45)46/h1-16,26-28,37,40H,17H2,(H,43,44). The number of nitro benzene ring substituents is 1. The highest BCUT2D eigenvalue weighted by Crippen LogP contribution is 2.51. The van der Waals surface area contributed by atoms with Crippen LogP contribution in [-0.4, -0.2) is 38.5 Å². The number of imide groups is 1. The van der Waals surface area contributed by atoms with Gasteiger partial charge in [0.15, 0.2) is 0 Å². The molecule has 11 nitrogen and oxygen atoms in total. The predicted octanol–water partition coefficient (Wildman–Crippen LogP) is 5.63. The van der Waals surface area contributed by atoms with Crippen LogP contribution < -0.4 is 15.0 Å². The van der Waals surface area contributed by atoms with E-state index in [0.29, 0.717) is 11.1 Å². The molecule has 4 aromatic rings. The first-order valence-electron chi connectivity index (χ1n) is 14.1. The Morgan fingerprint density at radius 3 is 2.26 bits per heavy atom. The maximum absolute atomic E-state index is 14.1. The molecule has 0 aliphatic carbocycles. The Kier molecular flexibility index (Phi) is 7.68. The number of amides is 2. The summed E-state index contributed by atoms with van der Waals surface area (Å²) in [4.78, 5) is 52.9.